The number of Topliss-reactive ketones (excluding diaryl/α,β-unsaturated/α-hetero) is 1. The van der Waals surface area contributed by atoms with E-state index in [2.05, 4.69) is 41.2 Å². The summed E-state index contributed by atoms with van der Waals surface area (Å²) in [5, 5.41) is 6.85. The number of likely N-dealkylation sites (tertiary alicyclic amines) is 1. The number of rotatable bonds is 15. The van der Waals surface area contributed by atoms with Crippen molar-refractivity contribution < 1.29 is 14.4 Å². The first-order chi connectivity index (χ1) is 19.8. The van der Waals surface area contributed by atoms with Gasteiger partial charge in [-0.3, -0.25) is 19.3 Å². The number of nitrogens with zero attached hydrogens (tertiary/aromatic N) is 2. The van der Waals surface area contributed by atoms with E-state index < -0.39 is 5.92 Å². The normalized spacial score (nSPS) is 17.8. The summed E-state index contributed by atoms with van der Waals surface area (Å²) in [5.74, 6) is -0.132. The van der Waals surface area contributed by atoms with Gasteiger partial charge in [0.2, 0.25) is 11.8 Å². The molecule has 2 atom stereocenters. The average Bonchev–Trinajstić information content (AvgIpc) is 3.64. The van der Waals surface area contributed by atoms with E-state index in [0.717, 1.165) is 41.2 Å². The third-order valence-electron chi connectivity index (χ3n) is 8.82. The summed E-state index contributed by atoms with van der Waals surface area (Å²) < 4.78 is 1.11. The lowest BCUT2D eigenvalue weighted by molar-refractivity contribution is -0.130. The number of benzene rings is 1. The van der Waals surface area contributed by atoms with Crippen molar-refractivity contribution in [1.82, 2.24) is 20.5 Å². The number of carbonyl (C=O) groups is 3. The Kier molecular flexibility index (Phi) is 11.9. The summed E-state index contributed by atoms with van der Waals surface area (Å²) in [6, 6.07) is 6.21. The van der Waals surface area contributed by atoms with Gasteiger partial charge in [-0.05, 0) is 68.8 Å². The lowest BCUT2D eigenvalue weighted by atomic mass is 9.83. The van der Waals surface area contributed by atoms with Crippen molar-refractivity contribution in [3.8, 4) is 0 Å². The SMILES string of the molecule is C=C(CN1CCCC1)C(=O)CC[C@H](CC1CCCCC1)NC(=O)[C@@H](CC(=O)NC)Cc1nc2ccc(CC)cc2s1. The molecule has 2 heterocycles. The maximum absolute atomic E-state index is 13.8. The summed E-state index contributed by atoms with van der Waals surface area (Å²) in [4.78, 5) is 46.3. The highest BCUT2D eigenvalue weighted by molar-refractivity contribution is 7.18. The van der Waals surface area contributed by atoms with Crippen molar-refractivity contribution in [1.29, 1.82) is 0 Å². The molecular formula is C33H48N4O3S. The minimum absolute atomic E-state index is 0.0937. The van der Waals surface area contributed by atoms with Crippen molar-refractivity contribution in [2.24, 2.45) is 11.8 Å². The number of amides is 2. The van der Waals surface area contributed by atoms with Gasteiger partial charge in [-0.15, -0.1) is 11.3 Å². The zero-order valence-corrected chi connectivity index (χ0v) is 25.8. The zero-order chi connectivity index (χ0) is 29.2. The van der Waals surface area contributed by atoms with Gasteiger partial charge >= 0.3 is 0 Å². The Labute approximate surface area is 249 Å². The number of nitrogens with one attached hydrogen (secondary N) is 2. The fourth-order valence-electron chi connectivity index (χ4n) is 6.29. The first-order valence-corrected chi connectivity index (χ1v) is 16.5. The predicted octanol–water partition coefficient (Wildman–Crippen LogP) is 5.61. The van der Waals surface area contributed by atoms with Crippen LogP contribution in [-0.4, -0.2) is 60.2 Å². The fraction of sp³-hybridized carbons (Fsp3) is 0.636. The smallest absolute Gasteiger partial charge is 0.224 e. The predicted molar refractivity (Wildman–Crippen MR) is 167 cm³/mol. The molecule has 41 heavy (non-hydrogen) atoms. The van der Waals surface area contributed by atoms with E-state index in [1.54, 1.807) is 18.4 Å². The van der Waals surface area contributed by atoms with Crippen molar-refractivity contribution >= 4 is 39.2 Å². The molecular weight excluding hydrogens is 532 g/mol. The van der Waals surface area contributed by atoms with Crippen molar-refractivity contribution in [3.05, 3.63) is 40.9 Å². The van der Waals surface area contributed by atoms with Crippen LogP contribution < -0.4 is 10.6 Å². The van der Waals surface area contributed by atoms with Crippen LogP contribution in [0.5, 0.6) is 0 Å². The summed E-state index contributed by atoms with van der Waals surface area (Å²) in [5.41, 5.74) is 2.87. The van der Waals surface area contributed by atoms with Crippen molar-refractivity contribution in [2.45, 2.75) is 96.4 Å². The maximum Gasteiger partial charge on any atom is 0.224 e. The third-order valence-corrected chi connectivity index (χ3v) is 9.86. The van der Waals surface area contributed by atoms with E-state index in [0.29, 0.717) is 37.3 Å². The molecule has 0 unspecified atom stereocenters. The van der Waals surface area contributed by atoms with Crippen molar-refractivity contribution in [3.63, 3.8) is 0 Å². The van der Waals surface area contributed by atoms with Gasteiger partial charge in [0, 0.05) is 44.5 Å². The Morgan fingerprint density at radius 2 is 1.88 bits per heavy atom. The first kappa shape index (κ1) is 31.4. The average molecular weight is 581 g/mol. The van der Waals surface area contributed by atoms with Crippen LogP contribution in [0.15, 0.2) is 30.4 Å². The van der Waals surface area contributed by atoms with Crippen LogP contribution in [0.2, 0.25) is 0 Å². The maximum atomic E-state index is 13.8. The minimum atomic E-state index is -0.518. The monoisotopic (exact) mass is 580 g/mol. The van der Waals surface area contributed by atoms with E-state index in [1.807, 2.05) is 6.07 Å². The van der Waals surface area contributed by atoms with Crippen LogP contribution in [-0.2, 0) is 27.2 Å². The molecule has 0 radical (unpaired) electrons. The number of hydrogen-bond donors (Lipinski definition) is 2. The Hall–Kier alpha value is -2.58. The zero-order valence-electron chi connectivity index (χ0n) is 25.0. The summed E-state index contributed by atoms with van der Waals surface area (Å²) in [6.45, 7) is 8.94. The molecule has 2 fully saturated rings. The van der Waals surface area contributed by atoms with Crippen LogP contribution in [0.1, 0.15) is 88.1 Å². The Bertz CT molecular complexity index is 1200. The van der Waals surface area contributed by atoms with Gasteiger partial charge in [-0.2, -0.15) is 0 Å². The number of aryl methyl sites for hydroxylation is 1. The molecule has 1 aliphatic heterocycles. The number of carbonyl (C=O) groups excluding carboxylic acids is 3. The number of thiazole rings is 1. The number of fused-ring (bicyclic) bond motifs is 1. The topological polar surface area (TPSA) is 91.4 Å². The van der Waals surface area contributed by atoms with Crippen LogP contribution in [0.3, 0.4) is 0 Å². The van der Waals surface area contributed by atoms with Crippen LogP contribution in [0, 0.1) is 11.8 Å². The molecule has 1 aliphatic carbocycles. The quantitative estimate of drug-likeness (QED) is 0.267. The molecule has 0 bridgehead atoms. The van der Waals surface area contributed by atoms with E-state index in [1.165, 1.54) is 50.5 Å². The summed E-state index contributed by atoms with van der Waals surface area (Å²) in [6.07, 6.45) is 11.8. The van der Waals surface area contributed by atoms with Gasteiger partial charge in [-0.1, -0.05) is 51.7 Å². The standard InChI is InChI=1S/C33H48N4O3S/c1-4-24-12-14-28-30(19-24)41-32(36-28)21-26(20-31(39)34-3)33(40)35-27(18-25-10-6-5-7-11-25)13-15-29(38)23(2)22-37-16-8-9-17-37/h12,14,19,25-27H,2,4-11,13,15-18,20-22H2,1,3H3,(H,34,39)(H,35,40)/t26-,27+/m0/s1. The molecule has 2 N–H and O–H groups in total. The van der Waals surface area contributed by atoms with Gasteiger partial charge in [0.1, 0.15) is 0 Å². The fourth-order valence-corrected chi connectivity index (χ4v) is 7.40. The third kappa shape index (κ3) is 9.47. The van der Waals surface area contributed by atoms with Gasteiger partial charge in [-0.25, -0.2) is 4.98 Å². The molecule has 2 amide bonds. The molecule has 8 heteroatoms. The molecule has 4 rings (SSSR count). The molecule has 1 saturated carbocycles. The highest BCUT2D eigenvalue weighted by atomic mass is 32.1. The molecule has 7 nitrogen and oxygen atoms in total. The Balaban J connectivity index is 1.43. The van der Waals surface area contributed by atoms with Gasteiger partial charge in [0.25, 0.3) is 0 Å². The van der Waals surface area contributed by atoms with E-state index in [4.69, 9.17) is 4.98 Å². The first-order valence-electron chi connectivity index (χ1n) is 15.7. The molecule has 0 spiro atoms. The molecule has 2 aliphatic rings. The molecule has 1 aromatic carbocycles. The summed E-state index contributed by atoms with van der Waals surface area (Å²) >= 11 is 1.60. The highest BCUT2D eigenvalue weighted by Gasteiger charge is 2.28. The van der Waals surface area contributed by atoms with Crippen LogP contribution >= 0.6 is 11.3 Å². The van der Waals surface area contributed by atoms with E-state index in [-0.39, 0.29) is 30.1 Å². The lowest BCUT2D eigenvalue weighted by Crippen LogP contribution is -2.42. The largest absolute Gasteiger partial charge is 0.359 e. The number of ketones is 1. The second-order valence-corrected chi connectivity index (χ2v) is 13.2. The number of aromatic nitrogens is 1. The van der Waals surface area contributed by atoms with Crippen LogP contribution in [0.25, 0.3) is 10.2 Å². The lowest BCUT2D eigenvalue weighted by Gasteiger charge is -2.28. The highest BCUT2D eigenvalue weighted by Crippen LogP contribution is 2.30. The molecule has 224 valence electrons. The Morgan fingerprint density at radius 3 is 2.59 bits per heavy atom. The van der Waals surface area contributed by atoms with E-state index in [9.17, 15) is 14.4 Å². The second-order valence-electron chi connectivity index (χ2n) is 12.0. The second kappa shape index (κ2) is 15.6. The minimum Gasteiger partial charge on any atom is -0.359 e. The number of hydrogen-bond acceptors (Lipinski definition) is 6. The van der Waals surface area contributed by atoms with E-state index >= 15 is 0 Å². The van der Waals surface area contributed by atoms with Crippen LogP contribution in [0.4, 0.5) is 0 Å². The molecule has 2 aromatic rings. The Morgan fingerprint density at radius 1 is 1.12 bits per heavy atom. The van der Waals surface area contributed by atoms with Gasteiger partial charge < -0.3 is 10.6 Å². The molecule has 1 aromatic heterocycles. The van der Waals surface area contributed by atoms with Crippen molar-refractivity contribution in [2.75, 3.05) is 26.7 Å². The summed E-state index contributed by atoms with van der Waals surface area (Å²) in [7, 11) is 1.60. The molecule has 1 saturated heterocycles. The van der Waals surface area contributed by atoms with Gasteiger partial charge in [0.15, 0.2) is 5.78 Å². The van der Waals surface area contributed by atoms with Gasteiger partial charge in [0.05, 0.1) is 21.1 Å².